The van der Waals surface area contributed by atoms with Gasteiger partial charge in [-0.2, -0.15) is 0 Å². The highest BCUT2D eigenvalue weighted by molar-refractivity contribution is 4.81. The van der Waals surface area contributed by atoms with Gasteiger partial charge in [0.2, 0.25) is 0 Å². The van der Waals surface area contributed by atoms with Crippen LogP contribution in [0.15, 0.2) is 12.2 Å². The van der Waals surface area contributed by atoms with Gasteiger partial charge in [-0.1, -0.05) is 76.9 Å². The Hall–Kier alpha value is -0.460. The molecular weight excluding hydrogens is 368 g/mol. The molecule has 2 atom stereocenters. The van der Waals surface area contributed by atoms with Crippen LogP contribution < -0.4 is 0 Å². The van der Waals surface area contributed by atoms with Crippen molar-refractivity contribution in [1.29, 1.82) is 0 Å². The van der Waals surface area contributed by atoms with Crippen LogP contribution in [0.3, 0.4) is 0 Å². The molecule has 3 N–H and O–H groups in total. The Kier molecular flexibility index (Phi) is 23.4. The fraction of sp³-hybridized carbons (Fsp3) is 0.917. The summed E-state index contributed by atoms with van der Waals surface area (Å²) in [6.07, 6.45) is 21.4. The number of hydrogen-bond donors (Lipinski definition) is 3. The van der Waals surface area contributed by atoms with Gasteiger partial charge in [0.25, 0.3) is 0 Å². The van der Waals surface area contributed by atoms with E-state index >= 15 is 0 Å². The minimum Gasteiger partial charge on any atom is -0.394 e. The van der Waals surface area contributed by atoms with Crippen LogP contribution in [-0.4, -0.2) is 60.6 Å². The zero-order chi connectivity index (χ0) is 21.4. The van der Waals surface area contributed by atoms with Crippen molar-refractivity contribution in [1.82, 2.24) is 0 Å². The largest absolute Gasteiger partial charge is 0.394 e. The van der Waals surface area contributed by atoms with Gasteiger partial charge in [-0.15, -0.1) is 0 Å². The van der Waals surface area contributed by atoms with Crippen molar-refractivity contribution in [3.8, 4) is 0 Å². The maximum absolute atomic E-state index is 9.26. The molecule has 0 aliphatic rings. The maximum Gasteiger partial charge on any atom is 0.104 e. The van der Waals surface area contributed by atoms with Gasteiger partial charge in [-0.05, 0) is 32.1 Å². The highest BCUT2D eigenvalue weighted by atomic mass is 16.5. The van der Waals surface area contributed by atoms with Crippen LogP contribution in [0.4, 0.5) is 0 Å². The van der Waals surface area contributed by atoms with Crippen molar-refractivity contribution < 1.29 is 24.8 Å². The van der Waals surface area contributed by atoms with Gasteiger partial charge < -0.3 is 24.8 Å². The topological polar surface area (TPSA) is 79.2 Å². The van der Waals surface area contributed by atoms with E-state index in [2.05, 4.69) is 19.1 Å². The molecule has 29 heavy (non-hydrogen) atoms. The molecule has 0 saturated heterocycles. The normalized spacial score (nSPS) is 13.9. The van der Waals surface area contributed by atoms with Crippen molar-refractivity contribution in [3.05, 3.63) is 12.2 Å². The van der Waals surface area contributed by atoms with Gasteiger partial charge in [0.1, 0.15) is 12.2 Å². The standard InChI is InChI=1S/C24H48O5/c1-2-3-4-5-6-7-8-9-10-11-12-13-14-15-16-17-18-29-24(20-26)22-28-21-23(27)19-25/h9-10,23-27H,2-8,11-22H2,1H3. The number of rotatable bonds is 23. The Labute approximate surface area is 179 Å². The lowest BCUT2D eigenvalue weighted by atomic mass is 10.1. The Balaban J connectivity index is 3.30. The van der Waals surface area contributed by atoms with E-state index < -0.39 is 6.10 Å². The third kappa shape index (κ3) is 22.1. The highest BCUT2D eigenvalue weighted by Gasteiger charge is 2.09. The minimum atomic E-state index is -0.870. The van der Waals surface area contributed by atoms with E-state index in [1.165, 1.54) is 77.0 Å². The molecule has 0 radical (unpaired) electrons. The van der Waals surface area contributed by atoms with Crippen LogP contribution in [0.2, 0.25) is 0 Å². The van der Waals surface area contributed by atoms with Gasteiger partial charge in [0.05, 0.1) is 26.4 Å². The monoisotopic (exact) mass is 416 g/mol. The van der Waals surface area contributed by atoms with Crippen LogP contribution in [0.1, 0.15) is 96.8 Å². The summed E-state index contributed by atoms with van der Waals surface area (Å²) in [5.41, 5.74) is 0. The van der Waals surface area contributed by atoms with E-state index in [1.54, 1.807) is 0 Å². The first-order valence-corrected chi connectivity index (χ1v) is 12.0. The van der Waals surface area contributed by atoms with Gasteiger partial charge in [-0.25, -0.2) is 0 Å². The number of hydrogen-bond acceptors (Lipinski definition) is 5. The molecule has 0 saturated carbocycles. The van der Waals surface area contributed by atoms with E-state index in [1.807, 2.05) is 0 Å². The maximum atomic E-state index is 9.26. The quantitative estimate of drug-likeness (QED) is 0.165. The minimum absolute atomic E-state index is 0.0601. The molecule has 0 amide bonds. The predicted octanol–water partition coefficient (Wildman–Crippen LogP) is 4.77. The summed E-state index contributed by atoms with van der Waals surface area (Å²) in [5, 5.41) is 27.2. The molecule has 0 bridgehead atoms. The van der Waals surface area contributed by atoms with Crippen molar-refractivity contribution in [2.75, 3.05) is 33.0 Å². The lowest BCUT2D eigenvalue weighted by Crippen LogP contribution is -2.28. The molecule has 0 rings (SSSR count). The predicted molar refractivity (Wildman–Crippen MR) is 120 cm³/mol. The smallest absolute Gasteiger partial charge is 0.104 e. The van der Waals surface area contributed by atoms with E-state index in [9.17, 15) is 10.2 Å². The van der Waals surface area contributed by atoms with Gasteiger partial charge in [0.15, 0.2) is 0 Å². The fourth-order valence-corrected chi connectivity index (χ4v) is 3.14. The fourth-order valence-electron chi connectivity index (χ4n) is 3.14. The second-order valence-electron chi connectivity index (χ2n) is 7.99. The van der Waals surface area contributed by atoms with Gasteiger partial charge >= 0.3 is 0 Å². The first-order chi connectivity index (χ1) is 14.2. The molecule has 0 aliphatic heterocycles. The van der Waals surface area contributed by atoms with Crippen LogP contribution in [0.5, 0.6) is 0 Å². The van der Waals surface area contributed by atoms with E-state index in [0.29, 0.717) is 6.61 Å². The Bertz CT molecular complexity index is 335. The molecule has 0 aromatic carbocycles. The second-order valence-corrected chi connectivity index (χ2v) is 7.99. The average molecular weight is 417 g/mol. The van der Waals surface area contributed by atoms with E-state index in [0.717, 1.165) is 12.8 Å². The summed E-state index contributed by atoms with van der Waals surface area (Å²) in [6.45, 7) is 2.77. The molecule has 0 fully saturated rings. The number of ether oxygens (including phenoxy) is 2. The van der Waals surface area contributed by atoms with E-state index in [-0.39, 0.29) is 32.5 Å². The molecule has 5 heteroatoms. The molecule has 0 aromatic heterocycles. The number of unbranched alkanes of at least 4 members (excludes halogenated alkanes) is 12. The number of aliphatic hydroxyl groups is 3. The molecule has 2 unspecified atom stereocenters. The average Bonchev–Trinajstić information content (AvgIpc) is 2.74. The van der Waals surface area contributed by atoms with Gasteiger partial charge in [-0.3, -0.25) is 0 Å². The molecule has 0 aromatic rings. The molecule has 0 spiro atoms. The molecule has 5 nitrogen and oxygen atoms in total. The first kappa shape index (κ1) is 28.5. The van der Waals surface area contributed by atoms with Crippen molar-refractivity contribution >= 4 is 0 Å². The van der Waals surface area contributed by atoms with Crippen molar-refractivity contribution in [3.63, 3.8) is 0 Å². The lowest BCUT2D eigenvalue weighted by Gasteiger charge is -2.16. The Morgan fingerprint density at radius 3 is 1.79 bits per heavy atom. The third-order valence-electron chi connectivity index (χ3n) is 5.04. The van der Waals surface area contributed by atoms with Crippen LogP contribution >= 0.6 is 0 Å². The summed E-state index contributed by atoms with van der Waals surface area (Å²) in [4.78, 5) is 0. The van der Waals surface area contributed by atoms with Crippen molar-refractivity contribution in [2.24, 2.45) is 0 Å². The van der Waals surface area contributed by atoms with Crippen molar-refractivity contribution in [2.45, 2.75) is 109 Å². The second kappa shape index (κ2) is 23.8. The summed E-state index contributed by atoms with van der Waals surface area (Å²) < 4.78 is 10.8. The zero-order valence-corrected chi connectivity index (χ0v) is 18.9. The molecule has 0 aliphatic carbocycles. The number of allylic oxidation sites excluding steroid dienone is 2. The Morgan fingerprint density at radius 1 is 0.690 bits per heavy atom. The van der Waals surface area contributed by atoms with Crippen LogP contribution in [0.25, 0.3) is 0 Å². The SMILES string of the molecule is CCCCCCCCC=CCCCCCCCCOC(CO)COCC(O)CO. The highest BCUT2D eigenvalue weighted by Crippen LogP contribution is 2.10. The van der Waals surface area contributed by atoms with E-state index in [4.69, 9.17) is 14.6 Å². The number of aliphatic hydroxyl groups excluding tert-OH is 3. The summed E-state index contributed by atoms with van der Waals surface area (Å²) in [6, 6.07) is 0. The van der Waals surface area contributed by atoms with Crippen LogP contribution in [-0.2, 0) is 9.47 Å². The lowest BCUT2D eigenvalue weighted by molar-refractivity contribution is -0.0649. The summed E-state index contributed by atoms with van der Waals surface area (Å²) in [5.74, 6) is 0. The van der Waals surface area contributed by atoms with Crippen LogP contribution in [0, 0.1) is 0 Å². The summed E-state index contributed by atoms with van der Waals surface area (Å²) >= 11 is 0. The Morgan fingerprint density at radius 2 is 1.24 bits per heavy atom. The molecule has 0 heterocycles. The molecule has 174 valence electrons. The third-order valence-corrected chi connectivity index (χ3v) is 5.04. The summed E-state index contributed by atoms with van der Waals surface area (Å²) in [7, 11) is 0. The molecular formula is C24H48O5. The zero-order valence-electron chi connectivity index (χ0n) is 18.9. The first-order valence-electron chi connectivity index (χ1n) is 12.0. The van der Waals surface area contributed by atoms with Gasteiger partial charge in [0, 0.05) is 6.61 Å².